The Bertz CT molecular complexity index is 1450. The zero-order chi connectivity index (χ0) is 27.8. The Hall–Kier alpha value is -4.49. The van der Waals surface area contributed by atoms with E-state index in [0.717, 1.165) is 11.1 Å². The average molecular weight is 543 g/mol. The molecule has 0 spiro atoms. The lowest BCUT2D eigenvalue weighted by atomic mass is 10.1. The van der Waals surface area contributed by atoms with Gasteiger partial charge in [0.05, 0.1) is 10.5 Å². The first kappa shape index (κ1) is 27.5. The van der Waals surface area contributed by atoms with E-state index in [-0.39, 0.29) is 35.8 Å². The van der Waals surface area contributed by atoms with Crippen LogP contribution >= 0.6 is 0 Å². The van der Waals surface area contributed by atoms with Crippen molar-refractivity contribution in [3.8, 4) is 23.0 Å². The summed E-state index contributed by atoms with van der Waals surface area (Å²) in [6, 6.07) is 27.3. The maximum Gasteiger partial charge on any atom is 0.163 e. The van der Waals surface area contributed by atoms with Crippen LogP contribution in [-0.2, 0) is 22.7 Å². The van der Waals surface area contributed by atoms with Gasteiger partial charge in [-0.25, -0.2) is 8.42 Å². The summed E-state index contributed by atoms with van der Waals surface area (Å²) in [6.45, 7) is 0. The van der Waals surface area contributed by atoms with Crippen molar-refractivity contribution in [1.29, 1.82) is 0 Å². The quantitative estimate of drug-likeness (QED) is 0.186. The summed E-state index contributed by atoms with van der Waals surface area (Å²) in [6.07, 6.45) is 6.97. The number of hydrogen-bond acceptors (Lipinski definition) is 6. The van der Waals surface area contributed by atoms with E-state index >= 15 is 0 Å². The first-order chi connectivity index (χ1) is 18.7. The molecule has 4 aromatic carbocycles. The Balaban J connectivity index is 1.74. The van der Waals surface area contributed by atoms with Crippen LogP contribution in [0.25, 0.3) is 12.2 Å². The van der Waals surface area contributed by atoms with Gasteiger partial charge < -0.3 is 20.4 Å². The van der Waals surface area contributed by atoms with Gasteiger partial charge in [-0.3, -0.25) is 0 Å². The van der Waals surface area contributed by atoms with Crippen LogP contribution in [0, 0.1) is 0 Å². The normalized spacial score (nSPS) is 13.5. The van der Waals surface area contributed by atoms with Gasteiger partial charge in [0.25, 0.3) is 0 Å². The van der Waals surface area contributed by atoms with Crippen LogP contribution in [0.2, 0.25) is 0 Å². The predicted octanol–water partition coefficient (Wildman–Crippen LogP) is 5.87. The summed E-state index contributed by atoms with van der Waals surface area (Å²) < 4.78 is 28.5. The Morgan fingerprint density at radius 3 is 1.28 bits per heavy atom. The molecule has 200 valence electrons. The largest absolute Gasteiger partial charge is 0.504 e. The van der Waals surface area contributed by atoms with Gasteiger partial charge >= 0.3 is 0 Å². The lowest BCUT2D eigenvalue weighted by molar-refractivity contribution is 0.403. The molecule has 0 aliphatic heterocycles. The molecule has 0 bridgehead atoms. The van der Waals surface area contributed by atoms with Crippen molar-refractivity contribution in [2.75, 3.05) is 0 Å². The van der Waals surface area contributed by atoms with E-state index in [1.165, 1.54) is 24.3 Å². The summed E-state index contributed by atoms with van der Waals surface area (Å²) >= 11 is 0. The topological polar surface area (TPSA) is 115 Å². The molecule has 0 aliphatic carbocycles. The van der Waals surface area contributed by atoms with Gasteiger partial charge in [-0.1, -0.05) is 97.1 Å². The van der Waals surface area contributed by atoms with Crippen molar-refractivity contribution in [3.63, 3.8) is 0 Å². The third kappa shape index (κ3) is 7.30. The second kappa shape index (κ2) is 12.4. The Labute approximate surface area is 228 Å². The monoisotopic (exact) mass is 542 g/mol. The lowest BCUT2D eigenvalue weighted by Gasteiger charge is -2.21. The van der Waals surface area contributed by atoms with E-state index in [4.69, 9.17) is 0 Å². The third-order valence-corrected chi connectivity index (χ3v) is 8.74. The molecule has 0 aromatic heterocycles. The number of benzene rings is 4. The van der Waals surface area contributed by atoms with E-state index in [2.05, 4.69) is 0 Å². The third-order valence-electron chi connectivity index (χ3n) is 6.41. The zero-order valence-corrected chi connectivity index (χ0v) is 21.9. The Morgan fingerprint density at radius 2 is 0.923 bits per heavy atom. The van der Waals surface area contributed by atoms with Gasteiger partial charge in [-0.2, -0.15) is 0 Å². The fourth-order valence-electron chi connectivity index (χ4n) is 4.23. The van der Waals surface area contributed by atoms with Crippen molar-refractivity contribution >= 4 is 22.0 Å². The molecule has 4 aromatic rings. The molecule has 0 saturated carbocycles. The van der Waals surface area contributed by atoms with Crippen molar-refractivity contribution < 1.29 is 28.8 Å². The standard InChI is InChI=1S/C32H30O6S/c33-29-17-13-25(21-31(29)35)11-15-27(19-23-7-3-1-4-8-23)39(37,38)28(20-24-9-5-2-6-10-24)16-12-26-14-18-30(34)32(36)22-26/h1-18,21-22,27-28,33-36H,19-20H2. The van der Waals surface area contributed by atoms with Crippen LogP contribution < -0.4 is 0 Å². The van der Waals surface area contributed by atoms with Crippen LogP contribution in [-0.4, -0.2) is 39.3 Å². The fraction of sp³-hybridized carbons (Fsp3) is 0.125. The van der Waals surface area contributed by atoms with Crippen LogP contribution in [0.4, 0.5) is 0 Å². The minimum atomic E-state index is -3.83. The molecular weight excluding hydrogens is 512 g/mol. The maximum absolute atomic E-state index is 14.2. The van der Waals surface area contributed by atoms with Gasteiger partial charge in [0.15, 0.2) is 32.8 Å². The number of aromatic hydroxyl groups is 4. The van der Waals surface area contributed by atoms with Gasteiger partial charge in [0, 0.05) is 0 Å². The summed E-state index contributed by atoms with van der Waals surface area (Å²) in [7, 11) is -3.83. The molecule has 4 rings (SSSR count). The molecule has 4 N–H and O–H groups in total. The minimum absolute atomic E-state index is 0.239. The van der Waals surface area contributed by atoms with Crippen LogP contribution in [0.3, 0.4) is 0 Å². The van der Waals surface area contributed by atoms with Gasteiger partial charge in [0.1, 0.15) is 0 Å². The SMILES string of the molecule is O=S(=O)(C(C=Cc1ccc(O)c(O)c1)Cc1ccccc1)C(C=Cc1ccc(O)c(O)c1)Cc1ccccc1. The Kier molecular flexibility index (Phi) is 8.74. The molecule has 0 heterocycles. The number of sulfone groups is 1. The predicted molar refractivity (Wildman–Crippen MR) is 154 cm³/mol. The highest BCUT2D eigenvalue weighted by atomic mass is 32.2. The molecule has 6 nitrogen and oxygen atoms in total. The summed E-state index contributed by atoms with van der Waals surface area (Å²) in [4.78, 5) is 0. The highest BCUT2D eigenvalue weighted by Gasteiger charge is 2.31. The minimum Gasteiger partial charge on any atom is -0.504 e. The zero-order valence-electron chi connectivity index (χ0n) is 21.1. The Morgan fingerprint density at radius 1 is 0.538 bits per heavy atom. The van der Waals surface area contributed by atoms with E-state index in [9.17, 15) is 28.8 Å². The van der Waals surface area contributed by atoms with Crippen LogP contribution in [0.5, 0.6) is 23.0 Å². The molecule has 0 fully saturated rings. The molecule has 0 saturated heterocycles. The van der Waals surface area contributed by atoms with Gasteiger partial charge in [0.2, 0.25) is 0 Å². The highest BCUT2D eigenvalue weighted by molar-refractivity contribution is 7.93. The smallest absolute Gasteiger partial charge is 0.163 e. The molecule has 7 heteroatoms. The maximum atomic E-state index is 14.2. The number of phenols is 4. The van der Waals surface area contributed by atoms with Gasteiger partial charge in [-0.15, -0.1) is 0 Å². The van der Waals surface area contributed by atoms with Crippen LogP contribution in [0.15, 0.2) is 109 Å². The van der Waals surface area contributed by atoms with E-state index in [0.29, 0.717) is 11.1 Å². The van der Waals surface area contributed by atoms with Crippen LogP contribution in [0.1, 0.15) is 22.3 Å². The second-order valence-electron chi connectivity index (χ2n) is 9.26. The van der Waals surface area contributed by atoms with E-state index < -0.39 is 20.3 Å². The molecule has 2 unspecified atom stereocenters. The number of rotatable bonds is 10. The van der Waals surface area contributed by atoms with Crippen molar-refractivity contribution in [3.05, 3.63) is 131 Å². The summed E-state index contributed by atoms with van der Waals surface area (Å²) in [5.41, 5.74) is 2.81. The first-order valence-corrected chi connectivity index (χ1v) is 14.0. The summed E-state index contributed by atoms with van der Waals surface area (Å²) in [5.74, 6) is -1.09. The molecule has 0 aliphatic rings. The lowest BCUT2D eigenvalue weighted by Crippen LogP contribution is -2.33. The van der Waals surface area contributed by atoms with Crippen molar-refractivity contribution in [2.45, 2.75) is 23.3 Å². The number of hydrogen-bond donors (Lipinski definition) is 4. The second-order valence-corrected chi connectivity index (χ2v) is 11.6. The summed E-state index contributed by atoms with van der Waals surface area (Å²) in [5, 5.41) is 37.2. The molecule has 2 atom stereocenters. The average Bonchev–Trinajstić information content (AvgIpc) is 2.93. The van der Waals surface area contributed by atoms with Crippen molar-refractivity contribution in [2.24, 2.45) is 0 Å². The van der Waals surface area contributed by atoms with Gasteiger partial charge in [-0.05, 0) is 59.4 Å². The first-order valence-electron chi connectivity index (χ1n) is 12.4. The molecule has 0 radical (unpaired) electrons. The highest BCUT2D eigenvalue weighted by Crippen LogP contribution is 2.28. The number of phenolic OH excluding ortho intramolecular Hbond substituents is 4. The molecule has 0 amide bonds. The van der Waals surface area contributed by atoms with E-state index in [1.54, 1.807) is 36.4 Å². The van der Waals surface area contributed by atoms with E-state index in [1.807, 2.05) is 60.7 Å². The molecular formula is C32H30O6S. The molecule has 39 heavy (non-hydrogen) atoms. The fourth-order valence-corrected chi connectivity index (χ4v) is 6.12. The van der Waals surface area contributed by atoms with Crippen molar-refractivity contribution in [1.82, 2.24) is 0 Å².